The first-order valence-electron chi connectivity index (χ1n) is 3.78. The molecule has 0 saturated heterocycles. The molecule has 56 valence electrons. The lowest BCUT2D eigenvalue weighted by molar-refractivity contribution is 0.769. The summed E-state index contributed by atoms with van der Waals surface area (Å²) in [6, 6.07) is 0.314. The lowest BCUT2D eigenvalue weighted by Gasteiger charge is -1.97. The lowest BCUT2D eigenvalue weighted by atomic mass is 10.1. The fraction of sp³-hybridized carbons (Fsp3) is 0.556. The number of nitrogens with two attached hydrogens (primary N) is 1. The Hall–Kier alpha value is -0.560. The van der Waals surface area contributed by atoms with Crippen LogP contribution in [0.1, 0.15) is 26.2 Å². The quantitative estimate of drug-likeness (QED) is 0.579. The van der Waals surface area contributed by atoms with E-state index in [4.69, 9.17) is 5.73 Å². The van der Waals surface area contributed by atoms with Crippen molar-refractivity contribution in [2.45, 2.75) is 32.2 Å². The van der Waals surface area contributed by atoms with Crippen LogP contribution in [0.25, 0.3) is 0 Å². The van der Waals surface area contributed by atoms with Gasteiger partial charge in [-0.15, -0.1) is 0 Å². The average Bonchev–Trinajstić information content (AvgIpc) is 2.13. The zero-order valence-corrected chi connectivity index (χ0v) is 6.56. The van der Waals surface area contributed by atoms with Gasteiger partial charge in [0.1, 0.15) is 0 Å². The van der Waals surface area contributed by atoms with Gasteiger partial charge in [0, 0.05) is 6.04 Å². The maximum absolute atomic E-state index is 5.69. The highest BCUT2D eigenvalue weighted by atomic mass is 14.6. The van der Waals surface area contributed by atoms with Gasteiger partial charge in [0.2, 0.25) is 0 Å². The Morgan fingerprint density at radius 2 is 2.60 bits per heavy atom. The van der Waals surface area contributed by atoms with Crippen LogP contribution in [0, 0.1) is 0 Å². The van der Waals surface area contributed by atoms with Gasteiger partial charge < -0.3 is 5.73 Å². The van der Waals surface area contributed by atoms with E-state index in [-0.39, 0.29) is 0 Å². The molecule has 0 spiro atoms. The fourth-order valence-corrected chi connectivity index (χ4v) is 1.36. The number of rotatable bonds is 2. The van der Waals surface area contributed by atoms with Crippen molar-refractivity contribution in [3.05, 3.63) is 23.8 Å². The molecule has 1 rings (SSSR count). The molecule has 1 heteroatoms. The van der Waals surface area contributed by atoms with E-state index in [0.717, 1.165) is 12.8 Å². The van der Waals surface area contributed by atoms with E-state index in [1.807, 2.05) is 0 Å². The summed E-state index contributed by atoms with van der Waals surface area (Å²) in [5.74, 6) is 0. The van der Waals surface area contributed by atoms with E-state index in [0.29, 0.717) is 6.04 Å². The molecule has 0 aromatic heterocycles. The van der Waals surface area contributed by atoms with E-state index in [1.165, 1.54) is 17.6 Å². The second-order valence-electron chi connectivity index (χ2n) is 3.16. The van der Waals surface area contributed by atoms with Crippen LogP contribution in [0.5, 0.6) is 0 Å². The van der Waals surface area contributed by atoms with Gasteiger partial charge in [-0.3, -0.25) is 0 Å². The van der Waals surface area contributed by atoms with Crippen molar-refractivity contribution in [2.75, 3.05) is 0 Å². The van der Waals surface area contributed by atoms with E-state index in [2.05, 4.69) is 19.6 Å². The Kier molecular flexibility index (Phi) is 2.28. The van der Waals surface area contributed by atoms with Crippen LogP contribution in [0.2, 0.25) is 0 Å². The van der Waals surface area contributed by atoms with Crippen molar-refractivity contribution in [1.29, 1.82) is 0 Å². The zero-order valence-electron chi connectivity index (χ0n) is 6.56. The monoisotopic (exact) mass is 137 g/mol. The maximum Gasteiger partial charge on any atom is 0.0229 e. The Bertz CT molecular complexity index is 168. The Labute approximate surface area is 62.6 Å². The van der Waals surface area contributed by atoms with Crippen LogP contribution < -0.4 is 5.73 Å². The normalized spacial score (nSPS) is 24.6. The van der Waals surface area contributed by atoms with Crippen molar-refractivity contribution in [2.24, 2.45) is 5.73 Å². The van der Waals surface area contributed by atoms with Crippen LogP contribution in [0.3, 0.4) is 0 Å². The highest BCUT2D eigenvalue weighted by molar-refractivity contribution is 5.18. The molecule has 10 heavy (non-hydrogen) atoms. The van der Waals surface area contributed by atoms with Gasteiger partial charge in [-0.25, -0.2) is 0 Å². The van der Waals surface area contributed by atoms with E-state index in [9.17, 15) is 0 Å². The zero-order chi connectivity index (χ0) is 7.56. The molecular formula is C9H15N. The second-order valence-corrected chi connectivity index (χ2v) is 3.16. The largest absolute Gasteiger partial charge is 0.324 e. The van der Waals surface area contributed by atoms with Gasteiger partial charge in [-0.2, -0.15) is 0 Å². The van der Waals surface area contributed by atoms with Gasteiger partial charge >= 0.3 is 0 Å². The van der Waals surface area contributed by atoms with Gasteiger partial charge in [-0.1, -0.05) is 23.8 Å². The molecular weight excluding hydrogens is 122 g/mol. The molecule has 0 fully saturated rings. The first kappa shape index (κ1) is 7.55. The smallest absolute Gasteiger partial charge is 0.0229 e. The topological polar surface area (TPSA) is 26.0 Å². The summed E-state index contributed by atoms with van der Waals surface area (Å²) >= 11 is 0. The third kappa shape index (κ3) is 1.99. The van der Waals surface area contributed by atoms with Crippen LogP contribution in [-0.2, 0) is 0 Å². The van der Waals surface area contributed by atoms with Crippen LogP contribution >= 0.6 is 0 Å². The Balaban J connectivity index is 2.43. The number of hydrogen-bond donors (Lipinski definition) is 1. The molecule has 1 aliphatic carbocycles. The minimum Gasteiger partial charge on any atom is -0.324 e. The highest BCUT2D eigenvalue weighted by Gasteiger charge is 2.10. The molecule has 1 unspecified atom stereocenters. The van der Waals surface area contributed by atoms with Crippen molar-refractivity contribution in [1.82, 2.24) is 0 Å². The lowest BCUT2D eigenvalue weighted by Crippen LogP contribution is -2.11. The van der Waals surface area contributed by atoms with E-state index < -0.39 is 0 Å². The molecule has 0 radical (unpaired) electrons. The Morgan fingerprint density at radius 3 is 3.00 bits per heavy atom. The summed E-state index contributed by atoms with van der Waals surface area (Å²) in [5.41, 5.74) is 8.40. The van der Waals surface area contributed by atoms with Crippen molar-refractivity contribution in [3.63, 3.8) is 0 Å². The standard InChI is InChI=1S/C9H15N/c1-7(2)5-8-3-4-9(10)6-8/h6,9H,1,3-5,10H2,2H3. The number of hydrogen-bond acceptors (Lipinski definition) is 1. The first-order chi connectivity index (χ1) is 4.68. The fourth-order valence-electron chi connectivity index (χ4n) is 1.36. The van der Waals surface area contributed by atoms with Gasteiger partial charge in [0.05, 0.1) is 0 Å². The summed E-state index contributed by atoms with van der Waals surface area (Å²) in [6.45, 7) is 5.92. The molecule has 0 aliphatic heterocycles. The molecule has 1 atom stereocenters. The van der Waals surface area contributed by atoms with Crippen molar-refractivity contribution in [3.8, 4) is 0 Å². The first-order valence-corrected chi connectivity index (χ1v) is 3.78. The second kappa shape index (κ2) is 3.02. The predicted octanol–water partition coefficient (Wildman–Crippen LogP) is 2.00. The van der Waals surface area contributed by atoms with Crippen molar-refractivity contribution < 1.29 is 0 Å². The van der Waals surface area contributed by atoms with Crippen molar-refractivity contribution >= 4 is 0 Å². The third-order valence-electron chi connectivity index (χ3n) is 1.78. The maximum atomic E-state index is 5.69. The van der Waals surface area contributed by atoms with E-state index in [1.54, 1.807) is 0 Å². The molecule has 0 aromatic rings. The molecule has 0 heterocycles. The highest BCUT2D eigenvalue weighted by Crippen LogP contribution is 2.22. The molecule has 0 amide bonds. The summed E-state index contributed by atoms with van der Waals surface area (Å²) in [5, 5.41) is 0. The number of allylic oxidation sites excluding steroid dienone is 2. The predicted molar refractivity (Wildman–Crippen MR) is 44.7 cm³/mol. The van der Waals surface area contributed by atoms with Crippen LogP contribution in [-0.4, -0.2) is 6.04 Å². The van der Waals surface area contributed by atoms with Gasteiger partial charge in [0.15, 0.2) is 0 Å². The summed E-state index contributed by atoms with van der Waals surface area (Å²) in [7, 11) is 0. The summed E-state index contributed by atoms with van der Waals surface area (Å²) in [4.78, 5) is 0. The van der Waals surface area contributed by atoms with Gasteiger partial charge in [0.25, 0.3) is 0 Å². The molecule has 0 aromatic carbocycles. The van der Waals surface area contributed by atoms with Gasteiger partial charge in [-0.05, 0) is 26.2 Å². The molecule has 0 saturated carbocycles. The minimum absolute atomic E-state index is 0.314. The molecule has 1 aliphatic rings. The average molecular weight is 137 g/mol. The summed E-state index contributed by atoms with van der Waals surface area (Å²) in [6.07, 6.45) is 5.53. The molecule has 2 N–H and O–H groups in total. The summed E-state index contributed by atoms with van der Waals surface area (Å²) < 4.78 is 0. The molecule has 0 bridgehead atoms. The molecule has 1 nitrogen and oxygen atoms in total. The van der Waals surface area contributed by atoms with Crippen LogP contribution in [0.15, 0.2) is 23.8 Å². The van der Waals surface area contributed by atoms with Crippen LogP contribution in [0.4, 0.5) is 0 Å². The Morgan fingerprint density at radius 1 is 1.90 bits per heavy atom. The SMILES string of the molecule is C=C(C)CC1=CC(N)CC1. The minimum atomic E-state index is 0.314. The van der Waals surface area contributed by atoms with E-state index >= 15 is 0 Å². The third-order valence-corrected chi connectivity index (χ3v) is 1.78.